The van der Waals surface area contributed by atoms with Gasteiger partial charge in [0.2, 0.25) is 0 Å². The fourth-order valence-electron chi connectivity index (χ4n) is 1.60. The Morgan fingerprint density at radius 1 is 1.05 bits per heavy atom. The highest BCUT2D eigenvalue weighted by Crippen LogP contribution is 2.34. The van der Waals surface area contributed by atoms with E-state index in [4.69, 9.17) is 21.6 Å². The van der Waals surface area contributed by atoms with Gasteiger partial charge in [0.15, 0.2) is 0 Å². The van der Waals surface area contributed by atoms with Gasteiger partial charge in [-0.25, -0.2) is 4.39 Å². The largest absolute Gasteiger partial charge is 0.457 e. The van der Waals surface area contributed by atoms with E-state index in [-0.39, 0.29) is 16.5 Å². The minimum atomic E-state index is -4.63. The number of nitrogens with zero attached hydrogens (tertiary/aromatic N) is 1. The minimum absolute atomic E-state index is 0.0127. The summed E-state index contributed by atoms with van der Waals surface area (Å²) in [6.07, 6.45) is -4.63. The standard InChI is InChI=1S/C14H6ClF4NO/c15-12-4-2-10(6-13(12)16)21-9-1-3-11(14(17,18)19)8(5-9)7-20/h1-6H. The van der Waals surface area contributed by atoms with Gasteiger partial charge in [-0.05, 0) is 30.3 Å². The van der Waals surface area contributed by atoms with Crippen LogP contribution < -0.4 is 4.74 Å². The zero-order valence-electron chi connectivity index (χ0n) is 10.2. The summed E-state index contributed by atoms with van der Waals surface area (Å²) in [7, 11) is 0. The maximum atomic E-state index is 13.2. The fourth-order valence-corrected chi connectivity index (χ4v) is 1.72. The van der Waals surface area contributed by atoms with Crippen molar-refractivity contribution >= 4 is 11.6 Å². The van der Waals surface area contributed by atoms with Crippen LogP contribution in [0.2, 0.25) is 5.02 Å². The van der Waals surface area contributed by atoms with Crippen molar-refractivity contribution in [3.05, 3.63) is 58.4 Å². The highest BCUT2D eigenvalue weighted by molar-refractivity contribution is 6.30. The first-order valence-electron chi connectivity index (χ1n) is 5.55. The van der Waals surface area contributed by atoms with E-state index in [1.54, 1.807) is 0 Å². The first kappa shape index (κ1) is 15.1. The van der Waals surface area contributed by atoms with E-state index in [0.29, 0.717) is 0 Å². The lowest BCUT2D eigenvalue weighted by Crippen LogP contribution is -2.07. The van der Waals surface area contributed by atoms with Crippen molar-refractivity contribution in [3.8, 4) is 17.6 Å². The average Bonchev–Trinajstić information content (AvgIpc) is 2.41. The molecule has 0 unspecified atom stereocenters. The normalized spacial score (nSPS) is 11.0. The lowest BCUT2D eigenvalue weighted by Gasteiger charge is -2.11. The van der Waals surface area contributed by atoms with Crippen molar-refractivity contribution in [3.63, 3.8) is 0 Å². The molecule has 0 saturated carbocycles. The Bertz CT molecular complexity index is 722. The summed E-state index contributed by atoms with van der Waals surface area (Å²) in [4.78, 5) is 0. The van der Waals surface area contributed by atoms with Crippen LogP contribution in [0.5, 0.6) is 11.5 Å². The second kappa shape index (κ2) is 5.62. The minimum Gasteiger partial charge on any atom is -0.457 e. The molecule has 0 aliphatic heterocycles. The number of benzene rings is 2. The third-order valence-electron chi connectivity index (χ3n) is 2.54. The monoisotopic (exact) mass is 315 g/mol. The van der Waals surface area contributed by atoms with Crippen molar-refractivity contribution in [2.45, 2.75) is 6.18 Å². The number of hydrogen-bond donors (Lipinski definition) is 0. The molecule has 0 radical (unpaired) electrons. The van der Waals surface area contributed by atoms with Crippen molar-refractivity contribution in [1.29, 1.82) is 5.26 Å². The van der Waals surface area contributed by atoms with Gasteiger partial charge >= 0.3 is 6.18 Å². The molecule has 0 N–H and O–H groups in total. The summed E-state index contributed by atoms with van der Waals surface area (Å²) in [5.74, 6) is -0.677. The molecule has 0 heterocycles. The molecule has 0 bridgehead atoms. The Labute approximate surface area is 122 Å². The second-order valence-electron chi connectivity index (χ2n) is 3.99. The number of nitriles is 1. The molecule has 0 fully saturated rings. The lowest BCUT2D eigenvalue weighted by molar-refractivity contribution is -0.137. The van der Waals surface area contributed by atoms with Gasteiger partial charge in [-0.3, -0.25) is 0 Å². The molecule has 0 aromatic heterocycles. The highest BCUT2D eigenvalue weighted by atomic mass is 35.5. The molecule has 2 nitrogen and oxygen atoms in total. The van der Waals surface area contributed by atoms with E-state index in [2.05, 4.69) is 0 Å². The molecule has 21 heavy (non-hydrogen) atoms. The molecule has 2 aromatic rings. The van der Waals surface area contributed by atoms with Crippen LogP contribution in [0.25, 0.3) is 0 Å². The predicted octanol–water partition coefficient (Wildman–Crippen LogP) is 5.16. The van der Waals surface area contributed by atoms with E-state index >= 15 is 0 Å². The number of ether oxygens (including phenoxy) is 1. The Kier molecular flexibility index (Phi) is 4.05. The van der Waals surface area contributed by atoms with Gasteiger partial charge in [-0.15, -0.1) is 0 Å². The Morgan fingerprint density at radius 3 is 2.24 bits per heavy atom. The molecule has 2 rings (SSSR count). The topological polar surface area (TPSA) is 33.0 Å². The molecular weight excluding hydrogens is 310 g/mol. The van der Waals surface area contributed by atoms with Crippen LogP contribution in [0, 0.1) is 17.1 Å². The zero-order chi connectivity index (χ0) is 15.6. The molecule has 0 aliphatic rings. The molecule has 0 spiro atoms. The third kappa shape index (κ3) is 3.44. The first-order valence-corrected chi connectivity index (χ1v) is 5.93. The molecule has 7 heteroatoms. The summed E-state index contributed by atoms with van der Waals surface area (Å²) < 4.78 is 56.3. The summed E-state index contributed by atoms with van der Waals surface area (Å²) in [5.41, 5.74) is -1.63. The van der Waals surface area contributed by atoms with Crippen molar-refractivity contribution in [1.82, 2.24) is 0 Å². The summed E-state index contributed by atoms with van der Waals surface area (Å²) in [6.45, 7) is 0. The van der Waals surface area contributed by atoms with Gasteiger partial charge in [0.1, 0.15) is 17.3 Å². The van der Waals surface area contributed by atoms with Crippen LogP contribution >= 0.6 is 11.6 Å². The molecule has 0 aliphatic carbocycles. The van der Waals surface area contributed by atoms with Crippen molar-refractivity contribution < 1.29 is 22.3 Å². The Balaban J connectivity index is 2.34. The van der Waals surface area contributed by atoms with Crippen LogP contribution in [0.4, 0.5) is 17.6 Å². The van der Waals surface area contributed by atoms with Crippen molar-refractivity contribution in [2.24, 2.45) is 0 Å². The molecular formula is C14H6ClF4NO. The van der Waals surface area contributed by atoms with Crippen LogP contribution in [0.15, 0.2) is 36.4 Å². The quantitative estimate of drug-likeness (QED) is 0.717. The van der Waals surface area contributed by atoms with E-state index in [1.165, 1.54) is 18.2 Å². The second-order valence-corrected chi connectivity index (χ2v) is 4.40. The number of hydrogen-bond acceptors (Lipinski definition) is 2. The first-order chi connectivity index (χ1) is 9.81. The molecule has 2 aromatic carbocycles. The number of alkyl halides is 3. The summed E-state index contributed by atoms with van der Waals surface area (Å²) >= 11 is 5.50. The number of halogens is 5. The van der Waals surface area contributed by atoms with E-state index in [0.717, 1.165) is 24.3 Å². The van der Waals surface area contributed by atoms with Gasteiger partial charge in [-0.1, -0.05) is 11.6 Å². The van der Waals surface area contributed by atoms with Gasteiger partial charge in [0.25, 0.3) is 0 Å². The van der Waals surface area contributed by atoms with E-state index < -0.39 is 23.1 Å². The zero-order valence-corrected chi connectivity index (χ0v) is 11.0. The Hall–Kier alpha value is -2.26. The van der Waals surface area contributed by atoms with Crippen LogP contribution in [0.3, 0.4) is 0 Å². The van der Waals surface area contributed by atoms with Gasteiger partial charge < -0.3 is 4.74 Å². The van der Waals surface area contributed by atoms with Gasteiger partial charge in [0, 0.05) is 6.07 Å². The molecule has 0 atom stereocenters. The van der Waals surface area contributed by atoms with Gasteiger partial charge in [-0.2, -0.15) is 18.4 Å². The molecule has 0 amide bonds. The predicted molar refractivity (Wildman–Crippen MR) is 67.6 cm³/mol. The summed E-state index contributed by atoms with van der Waals surface area (Å²) in [5, 5.41) is 8.67. The van der Waals surface area contributed by atoms with Gasteiger partial charge in [0.05, 0.1) is 22.2 Å². The fraction of sp³-hybridized carbons (Fsp3) is 0.0714. The third-order valence-corrected chi connectivity index (χ3v) is 2.85. The number of rotatable bonds is 2. The van der Waals surface area contributed by atoms with Crippen molar-refractivity contribution in [2.75, 3.05) is 0 Å². The molecule has 108 valence electrons. The maximum Gasteiger partial charge on any atom is 0.417 e. The SMILES string of the molecule is N#Cc1cc(Oc2ccc(Cl)c(F)c2)ccc1C(F)(F)F. The van der Waals surface area contributed by atoms with E-state index in [1.807, 2.05) is 0 Å². The highest BCUT2D eigenvalue weighted by Gasteiger charge is 2.33. The summed E-state index contributed by atoms with van der Waals surface area (Å²) in [6, 6.07) is 7.78. The van der Waals surface area contributed by atoms with E-state index in [9.17, 15) is 17.6 Å². The molecule has 0 saturated heterocycles. The van der Waals surface area contributed by atoms with Crippen LogP contribution in [0.1, 0.15) is 11.1 Å². The smallest absolute Gasteiger partial charge is 0.417 e. The Morgan fingerprint density at radius 2 is 1.67 bits per heavy atom. The average molecular weight is 316 g/mol. The maximum absolute atomic E-state index is 13.2. The lowest BCUT2D eigenvalue weighted by atomic mass is 10.1. The van der Waals surface area contributed by atoms with Crippen LogP contribution in [-0.4, -0.2) is 0 Å². The van der Waals surface area contributed by atoms with Crippen LogP contribution in [-0.2, 0) is 6.18 Å².